The Labute approximate surface area is 124 Å². The van der Waals surface area contributed by atoms with Crippen LogP contribution in [0.3, 0.4) is 0 Å². The van der Waals surface area contributed by atoms with E-state index in [1.165, 1.54) is 12.3 Å². The maximum absolute atomic E-state index is 12.3. The largest absolute Gasteiger partial charge is 0.451 e. The molecule has 0 bridgehead atoms. The molecule has 0 N–H and O–H groups in total. The van der Waals surface area contributed by atoms with Crippen LogP contribution in [-0.4, -0.2) is 21.2 Å². The topological polar surface area (TPSA) is 55.7 Å². The molecule has 4 nitrogen and oxygen atoms in total. The zero-order valence-corrected chi connectivity index (χ0v) is 11.9. The van der Waals surface area contributed by atoms with Gasteiger partial charge in [0.2, 0.25) is 5.82 Å². The van der Waals surface area contributed by atoms with Crippen molar-refractivity contribution >= 4 is 17.9 Å². The highest BCUT2D eigenvalue weighted by molar-refractivity contribution is 6.33. The van der Waals surface area contributed by atoms with Crippen molar-refractivity contribution in [2.75, 3.05) is 0 Å². The molecule has 2 heterocycles. The highest BCUT2D eigenvalue weighted by Gasteiger charge is 2.34. The number of carbonyl (C=O) groups excluding carboxylic acids is 1. The van der Waals surface area contributed by atoms with Crippen LogP contribution in [0.2, 0.25) is 5.02 Å². The minimum absolute atomic E-state index is 0.153. The molecule has 21 heavy (non-hydrogen) atoms. The summed E-state index contributed by atoms with van der Waals surface area (Å²) in [6.07, 6.45) is -0.847. The molecule has 0 spiro atoms. The minimum atomic E-state index is -4.59. The predicted molar refractivity (Wildman–Crippen MR) is 72.0 cm³/mol. The van der Waals surface area contributed by atoms with E-state index in [1.54, 1.807) is 0 Å². The van der Waals surface area contributed by atoms with Crippen molar-refractivity contribution < 1.29 is 18.0 Å². The van der Waals surface area contributed by atoms with E-state index in [0.29, 0.717) is 6.29 Å². The van der Waals surface area contributed by atoms with Crippen LogP contribution in [0.25, 0.3) is 11.3 Å². The summed E-state index contributed by atoms with van der Waals surface area (Å²) in [5.41, 5.74) is 0.745. The Morgan fingerprint density at radius 1 is 1.10 bits per heavy atom. The molecule has 0 radical (unpaired) electrons. The summed E-state index contributed by atoms with van der Waals surface area (Å²) in [5.74, 6) is -1.23. The van der Waals surface area contributed by atoms with Gasteiger partial charge >= 0.3 is 6.18 Å². The SMILES string of the molecule is CC.O=Cc1cnc(-c2cnc(C(F)(F)F)nc2)cc1Cl. The number of aromatic nitrogens is 3. The first kappa shape index (κ1) is 17.0. The highest BCUT2D eigenvalue weighted by Crippen LogP contribution is 2.27. The Morgan fingerprint density at radius 3 is 2.10 bits per heavy atom. The first-order valence-electron chi connectivity index (χ1n) is 5.92. The van der Waals surface area contributed by atoms with Gasteiger partial charge in [-0.15, -0.1) is 0 Å². The third kappa shape index (κ3) is 4.22. The van der Waals surface area contributed by atoms with Crippen molar-refractivity contribution in [3.05, 3.63) is 41.1 Å². The third-order valence-electron chi connectivity index (χ3n) is 2.21. The molecular weight excluding hydrogens is 307 g/mol. The molecule has 0 saturated carbocycles. The van der Waals surface area contributed by atoms with Crippen LogP contribution in [0.15, 0.2) is 24.7 Å². The summed E-state index contributed by atoms with van der Waals surface area (Å²) >= 11 is 5.79. The molecule has 112 valence electrons. The molecule has 0 amide bonds. The zero-order chi connectivity index (χ0) is 16.0. The van der Waals surface area contributed by atoms with E-state index in [9.17, 15) is 18.0 Å². The van der Waals surface area contributed by atoms with E-state index < -0.39 is 12.0 Å². The first-order valence-corrected chi connectivity index (χ1v) is 6.30. The number of halogens is 4. The maximum Gasteiger partial charge on any atom is 0.451 e. The number of pyridine rings is 1. The molecule has 2 aromatic heterocycles. The van der Waals surface area contributed by atoms with Gasteiger partial charge in [0.25, 0.3) is 0 Å². The molecule has 0 atom stereocenters. The smallest absolute Gasteiger partial charge is 0.298 e. The fourth-order valence-corrected chi connectivity index (χ4v) is 1.49. The lowest BCUT2D eigenvalue weighted by atomic mass is 10.2. The predicted octanol–water partition coefficient (Wildman–Crippen LogP) is 4.05. The molecule has 0 unspecified atom stereocenters. The Hall–Kier alpha value is -2.02. The summed E-state index contributed by atoms with van der Waals surface area (Å²) in [6.45, 7) is 4.00. The lowest BCUT2D eigenvalue weighted by Gasteiger charge is -2.05. The summed E-state index contributed by atoms with van der Waals surface area (Å²) in [7, 11) is 0. The number of hydrogen-bond donors (Lipinski definition) is 0. The number of hydrogen-bond acceptors (Lipinski definition) is 4. The van der Waals surface area contributed by atoms with Crippen LogP contribution < -0.4 is 0 Å². The zero-order valence-electron chi connectivity index (χ0n) is 11.1. The number of nitrogens with zero attached hydrogens (tertiary/aromatic N) is 3. The van der Waals surface area contributed by atoms with Crippen LogP contribution in [-0.2, 0) is 6.18 Å². The Balaban J connectivity index is 0.00000106. The fraction of sp³-hybridized carbons (Fsp3) is 0.231. The van der Waals surface area contributed by atoms with Crippen molar-refractivity contribution in [3.8, 4) is 11.3 Å². The van der Waals surface area contributed by atoms with Crippen LogP contribution in [0.1, 0.15) is 30.0 Å². The van der Waals surface area contributed by atoms with Crippen molar-refractivity contribution in [2.24, 2.45) is 0 Å². The molecule has 0 aromatic carbocycles. The average Bonchev–Trinajstić information content (AvgIpc) is 2.48. The third-order valence-corrected chi connectivity index (χ3v) is 2.54. The standard InChI is InChI=1S/C11H5ClF3N3O.C2H6/c12-8-1-9(16-4-7(8)5-19)6-2-17-10(18-3-6)11(13,14)15;1-2/h1-5H;1-2H3. The molecule has 0 aliphatic heterocycles. The van der Waals surface area contributed by atoms with Crippen LogP contribution in [0.4, 0.5) is 13.2 Å². The van der Waals surface area contributed by atoms with Crippen LogP contribution in [0, 0.1) is 0 Å². The summed E-state index contributed by atoms with van der Waals surface area (Å²) < 4.78 is 36.9. The molecular formula is C13H11ClF3N3O. The average molecular weight is 318 g/mol. The molecule has 2 aromatic rings. The van der Waals surface area contributed by atoms with Crippen LogP contribution in [0.5, 0.6) is 0 Å². The van der Waals surface area contributed by atoms with E-state index in [2.05, 4.69) is 15.0 Å². The van der Waals surface area contributed by atoms with Gasteiger partial charge in [0.15, 0.2) is 6.29 Å². The van der Waals surface area contributed by atoms with E-state index in [0.717, 1.165) is 12.4 Å². The minimum Gasteiger partial charge on any atom is -0.298 e. The number of alkyl halides is 3. The van der Waals surface area contributed by atoms with Crippen molar-refractivity contribution in [1.82, 2.24) is 15.0 Å². The maximum atomic E-state index is 12.3. The van der Waals surface area contributed by atoms with Crippen molar-refractivity contribution in [2.45, 2.75) is 20.0 Å². The van der Waals surface area contributed by atoms with E-state index in [4.69, 9.17) is 11.6 Å². The van der Waals surface area contributed by atoms with Gasteiger partial charge in [-0.05, 0) is 6.07 Å². The van der Waals surface area contributed by atoms with Gasteiger partial charge in [-0.2, -0.15) is 13.2 Å². The molecule has 8 heteroatoms. The van der Waals surface area contributed by atoms with Gasteiger partial charge in [-0.3, -0.25) is 9.78 Å². The Bertz CT molecular complexity index is 615. The van der Waals surface area contributed by atoms with E-state index in [1.807, 2.05) is 13.8 Å². The van der Waals surface area contributed by atoms with Gasteiger partial charge < -0.3 is 0 Å². The summed E-state index contributed by atoms with van der Waals surface area (Å²) in [5, 5.41) is 0.153. The molecule has 0 aliphatic carbocycles. The van der Waals surface area contributed by atoms with Gasteiger partial charge in [0.05, 0.1) is 16.3 Å². The van der Waals surface area contributed by atoms with Gasteiger partial charge in [0, 0.05) is 24.2 Å². The quantitative estimate of drug-likeness (QED) is 0.784. The van der Waals surface area contributed by atoms with Crippen molar-refractivity contribution in [3.63, 3.8) is 0 Å². The molecule has 0 saturated heterocycles. The second-order valence-electron chi connectivity index (χ2n) is 3.50. The van der Waals surface area contributed by atoms with Gasteiger partial charge in [-0.1, -0.05) is 25.4 Å². The monoisotopic (exact) mass is 317 g/mol. The van der Waals surface area contributed by atoms with Crippen molar-refractivity contribution in [1.29, 1.82) is 0 Å². The van der Waals surface area contributed by atoms with Crippen LogP contribution >= 0.6 is 11.6 Å². The second-order valence-corrected chi connectivity index (χ2v) is 3.91. The highest BCUT2D eigenvalue weighted by atomic mass is 35.5. The number of aldehydes is 1. The first-order chi connectivity index (χ1) is 9.91. The lowest BCUT2D eigenvalue weighted by molar-refractivity contribution is -0.144. The summed E-state index contributed by atoms with van der Waals surface area (Å²) in [6, 6.07) is 1.36. The molecule has 0 aliphatic rings. The van der Waals surface area contributed by atoms with E-state index >= 15 is 0 Å². The van der Waals surface area contributed by atoms with Gasteiger partial charge in [-0.25, -0.2) is 9.97 Å². The Morgan fingerprint density at radius 2 is 1.67 bits per heavy atom. The number of carbonyl (C=O) groups is 1. The number of rotatable bonds is 2. The normalized spacial score (nSPS) is 10.6. The molecule has 2 rings (SSSR count). The Kier molecular flexibility index (Phi) is 5.78. The fourth-order valence-electron chi connectivity index (χ4n) is 1.29. The summed E-state index contributed by atoms with van der Waals surface area (Å²) in [4.78, 5) is 20.9. The van der Waals surface area contributed by atoms with E-state index in [-0.39, 0.29) is 21.8 Å². The molecule has 0 fully saturated rings. The second kappa shape index (κ2) is 7.12. The van der Waals surface area contributed by atoms with Gasteiger partial charge in [0.1, 0.15) is 0 Å². The lowest BCUT2D eigenvalue weighted by Crippen LogP contribution is -2.10.